The Morgan fingerprint density at radius 1 is 0.938 bits per heavy atom. The lowest BCUT2D eigenvalue weighted by Crippen LogP contribution is -2.46. The Morgan fingerprint density at radius 3 is 2.25 bits per heavy atom. The molecule has 32 heavy (non-hydrogen) atoms. The first-order valence-corrected chi connectivity index (χ1v) is 11.1. The number of hydrogen-bond acceptors (Lipinski definition) is 4. The van der Waals surface area contributed by atoms with E-state index in [4.69, 9.17) is 0 Å². The number of carbonyl (C=O) groups excluding carboxylic acids is 2. The van der Waals surface area contributed by atoms with Crippen LogP contribution in [0, 0.1) is 0 Å². The van der Waals surface area contributed by atoms with Crippen molar-refractivity contribution in [2.24, 2.45) is 0 Å². The first kappa shape index (κ1) is 21.9. The van der Waals surface area contributed by atoms with E-state index >= 15 is 0 Å². The minimum absolute atomic E-state index is 0.103. The molecule has 5 heteroatoms. The zero-order valence-electron chi connectivity index (χ0n) is 18.5. The molecule has 0 radical (unpaired) electrons. The fourth-order valence-corrected chi connectivity index (χ4v) is 4.49. The van der Waals surface area contributed by atoms with Crippen molar-refractivity contribution in [1.82, 2.24) is 15.2 Å². The van der Waals surface area contributed by atoms with Crippen molar-refractivity contribution < 1.29 is 9.59 Å². The molecule has 2 heterocycles. The summed E-state index contributed by atoms with van der Waals surface area (Å²) in [7, 11) is 0. The van der Waals surface area contributed by atoms with Gasteiger partial charge in [-0.1, -0.05) is 48.5 Å². The number of piperidine rings is 1. The van der Waals surface area contributed by atoms with Crippen LogP contribution in [0.4, 0.5) is 0 Å². The summed E-state index contributed by atoms with van der Waals surface area (Å²) in [5, 5.41) is 2.91. The maximum atomic E-state index is 12.6. The molecule has 1 fully saturated rings. The number of rotatable bonds is 7. The lowest BCUT2D eigenvalue weighted by atomic mass is 9.70. The summed E-state index contributed by atoms with van der Waals surface area (Å²) in [6.45, 7) is 4.70. The SMILES string of the molecule is CC(=O)C1(c2ccccc2)CCN(Cc2ccc(C(=O)NCc3ccccn3)cc2)CC1. The van der Waals surface area contributed by atoms with Gasteiger partial charge in [0.1, 0.15) is 5.78 Å². The predicted molar refractivity (Wildman–Crippen MR) is 125 cm³/mol. The van der Waals surface area contributed by atoms with E-state index in [1.165, 1.54) is 5.56 Å². The number of carbonyl (C=O) groups is 2. The number of aromatic nitrogens is 1. The average Bonchev–Trinajstić information content (AvgIpc) is 2.84. The van der Waals surface area contributed by atoms with Crippen LogP contribution >= 0.6 is 0 Å². The molecule has 1 aliphatic heterocycles. The minimum atomic E-state index is -0.368. The molecule has 0 atom stereocenters. The zero-order valence-corrected chi connectivity index (χ0v) is 18.5. The summed E-state index contributed by atoms with van der Waals surface area (Å²) in [4.78, 5) is 31.6. The van der Waals surface area contributed by atoms with Crippen LogP contribution in [-0.4, -0.2) is 34.7 Å². The number of amides is 1. The fraction of sp³-hybridized carbons (Fsp3) is 0.296. The molecular formula is C27H29N3O2. The van der Waals surface area contributed by atoms with Crippen molar-refractivity contribution in [2.75, 3.05) is 13.1 Å². The van der Waals surface area contributed by atoms with Crippen LogP contribution < -0.4 is 5.32 Å². The van der Waals surface area contributed by atoms with E-state index in [1.807, 2.05) is 60.7 Å². The van der Waals surface area contributed by atoms with Crippen LogP contribution in [0.5, 0.6) is 0 Å². The monoisotopic (exact) mass is 427 g/mol. The van der Waals surface area contributed by atoms with Gasteiger partial charge in [0.15, 0.2) is 0 Å². The molecule has 0 spiro atoms. The zero-order chi connectivity index (χ0) is 22.4. The van der Waals surface area contributed by atoms with Crippen LogP contribution in [0.15, 0.2) is 79.0 Å². The summed E-state index contributed by atoms with van der Waals surface area (Å²) < 4.78 is 0. The summed E-state index contributed by atoms with van der Waals surface area (Å²) in [5.74, 6) is 0.152. The topological polar surface area (TPSA) is 62.3 Å². The molecule has 3 aromatic rings. The lowest BCUT2D eigenvalue weighted by molar-refractivity contribution is -0.124. The summed E-state index contributed by atoms with van der Waals surface area (Å²) >= 11 is 0. The lowest BCUT2D eigenvalue weighted by Gasteiger charge is -2.40. The summed E-state index contributed by atoms with van der Waals surface area (Å²) in [6, 6.07) is 23.6. The third kappa shape index (κ3) is 4.94. The van der Waals surface area contributed by atoms with Crippen molar-refractivity contribution in [1.29, 1.82) is 0 Å². The van der Waals surface area contributed by atoms with E-state index in [2.05, 4.69) is 27.3 Å². The Hall–Kier alpha value is -3.31. The first-order chi connectivity index (χ1) is 15.6. The molecule has 1 aromatic heterocycles. The van der Waals surface area contributed by atoms with Gasteiger partial charge in [0, 0.05) is 18.3 Å². The highest BCUT2D eigenvalue weighted by atomic mass is 16.1. The molecule has 164 valence electrons. The first-order valence-electron chi connectivity index (χ1n) is 11.1. The number of hydrogen-bond donors (Lipinski definition) is 1. The van der Waals surface area contributed by atoms with Gasteiger partial charge in [-0.15, -0.1) is 0 Å². The molecule has 5 nitrogen and oxygen atoms in total. The fourth-order valence-electron chi connectivity index (χ4n) is 4.49. The van der Waals surface area contributed by atoms with Gasteiger partial charge in [0.05, 0.1) is 17.7 Å². The van der Waals surface area contributed by atoms with E-state index in [0.29, 0.717) is 12.1 Å². The number of nitrogens with zero attached hydrogens (tertiary/aromatic N) is 2. The molecule has 0 unspecified atom stereocenters. The number of Topliss-reactive ketones (excluding diaryl/α,β-unsaturated/α-hetero) is 1. The highest BCUT2D eigenvalue weighted by Crippen LogP contribution is 2.36. The normalized spacial score (nSPS) is 15.8. The molecule has 0 bridgehead atoms. The quantitative estimate of drug-likeness (QED) is 0.616. The van der Waals surface area contributed by atoms with Crippen molar-refractivity contribution in [3.8, 4) is 0 Å². The van der Waals surface area contributed by atoms with Gasteiger partial charge in [0.2, 0.25) is 0 Å². The molecule has 1 amide bonds. The molecule has 0 aliphatic carbocycles. The van der Waals surface area contributed by atoms with E-state index in [-0.39, 0.29) is 17.1 Å². The second kappa shape index (κ2) is 9.88. The number of ketones is 1. The van der Waals surface area contributed by atoms with Crippen molar-refractivity contribution >= 4 is 11.7 Å². The van der Waals surface area contributed by atoms with E-state index in [0.717, 1.165) is 43.7 Å². The van der Waals surface area contributed by atoms with Crippen LogP contribution in [0.25, 0.3) is 0 Å². The smallest absolute Gasteiger partial charge is 0.251 e. The average molecular weight is 428 g/mol. The predicted octanol–water partition coefficient (Wildman–Crippen LogP) is 4.13. The maximum Gasteiger partial charge on any atom is 0.251 e. The van der Waals surface area contributed by atoms with E-state index < -0.39 is 0 Å². The minimum Gasteiger partial charge on any atom is -0.346 e. The molecule has 0 saturated carbocycles. The van der Waals surface area contributed by atoms with E-state index in [9.17, 15) is 9.59 Å². The largest absolute Gasteiger partial charge is 0.346 e. The second-order valence-corrected chi connectivity index (χ2v) is 8.48. The molecular weight excluding hydrogens is 398 g/mol. The van der Waals surface area contributed by atoms with Gasteiger partial charge in [-0.3, -0.25) is 19.5 Å². The molecule has 4 rings (SSSR count). The van der Waals surface area contributed by atoms with Gasteiger partial charge < -0.3 is 5.32 Å². The summed E-state index contributed by atoms with van der Waals surface area (Å²) in [5.41, 5.74) is 3.41. The maximum absolute atomic E-state index is 12.6. The van der Waals surface area contributed by atoms with Gasteiger partial charge >= 0.3 is 0 Å². The Labute approximate surface area is 189 Å². The Morgan fingerprint density at radius 2 is 1.62 bits per heavy atom. The highest BCUT2D eigenvalue weighted by Gasteiger charge is 2.40. The van der Waals surface area contributed by atoms with Crippen molar-refractivity contribution in [3.05, 3.63) is 101 Å². The van der Waals surface area contributed by atoms with E-state index in [1.54, 1.807) is 13.1 Å². The number of pyridine rings is 1. The standard InChI is InChI=1S/C27H29N3O2/c1-21(31)27(24-7-3-2-4-8-24)14-17-30(18-15-27)20-22-10-12-23(13-11-22)26(32)29-19-25-9-5-6-16-28-25/h2-13,16H,14-15,17-20H2,1H3,(H,29,32). The van der Waals surface area contributed by atoms with Crippen LogP contribution in [0.3, 0.4) is 0 Å². The van der Waals surface area contributed by atoms with Crippen molar-refractivity contribution in [2.45, 2.75) is 38.3 Å². The molecule has 1 aliphatic rings. The van der Waals surface area contributed by atoms with Gasteiger partial charge in [-0.25, -0.2) is 0 Å². The molecule has 2 aromatic carbocycles. The molecule has 1 saturated heterocycles. The number of likely N-dealkylation sites (tertiary alicyclic amines) is 1. The Balaban J connectivity index is 1.32. The second-order valence-electron chi connectivity index (χ2n) is 8.48. The third-order valence-electron chi connectivity index (χ3n) is 6.49. The van der Waals surface area contributed by atoms with Crippen LogP contribution in [0.2, 0.25) is 0 Å². The highest BCUT2D eigenvalue weighted by molar-refractivity contribution is 5.94. The Bertz CT molecular complexity index is 1040. The van der Waals surface area contributed by atoms with Gasteiger partial charge in [-0.2, -0.15) is 0 Å². The summed E-state index contributed by atoms with van der Waals surface area (Å²) in [6.07, 6.45) is 3.39. The van der Waals surface area contributed by atoms with Crippen molar-refractivity contribution in [3.63, 3.8) is 0 Å². The van der Waals surface area contributed by atoms with Crippen LogP contribution in [-0.2, 0) is 23.3 Å². The van der Waals surface area contributed by atoms with Gasteiger partial charge in [0.25, 0.3) is 5.91 Å². The number of nitrogens with one attached hydrogen (secondary N) is 1. The van der Waals surface area contributed by atoms with Crippen LogP contribution in [0.1, 0.15) is 46.9 Å². The number of benzene rings is 2. The molecule has 1 N–H and O–H groups in total. The van der Waals surface area contributed by atoms with Gasteiger partial charge in [-0.05, 0) is 68.2 Å². The Kier molecular flexibility index (Phi) is 6.76. The third-order valence-corrected chi connectivity index (χ3v) is 6.49.